The average Bonchev–Trinajstić information content (AvgIpc) is 3.00. The van der Waals surface area contributed by atoms with E-state index in [9.17, 15) is 18.0 Å². The van der Waals surface area contributed by atoms with E-state index in [0.29, 0.717) is 31.7 Å². The molecule has 1 aliphatic rings. The Morgan fingerprint density at radius 1 is 0.878 bits per heavy atom. The highest BCUT2D eigenvalue weighted by molar-refractivity contribution is 7.91. The molecule has 41 heavy (non-hydrogen) atoms. The lowest BCUT2D eigenvalue weighted by molar-refractivity contribution is -0.244. The van der Waals surface area contributed by atoms with Gasteiger partial charge in [-0.15, -0.1) is 0 Å². The molecule has 2 N–H and O–H groups in total. The predicted octanol–water partition coefficient (Wildman–Crippen LogP) is 2.95. The molecule has 1 aliphatic heterocycles. The standard InChI is InChI=1S/C30H35N3O7S/c1-38-25-10-14-27(15-11-25)41(36,37)26-12-8-23(9-13-26)20-33(40-22-24-6-4-3-5-7-24)30(29(31)35)16-18-32(19-17-30)21-28(34)39-2/h3-15H,16-22H2,1-2H3,(H2,31,35). The van der Waals surface area contributed by atoms with Crippen LogP contribution in [0.2, 0.25) is 0 Å². The zero-order valence-corrected chi connectivity index (χ0v) is 24.0. The van der Waals surface area contributed by atoms with Crippen molar-refractivity contribution in [1.82, 2.24) is 9.96 Å². The first-order valence-corrected chi connectivity index (χ1v) is 14.7. The summed E-state index contributed by atoms with van der Waals surface area (Å²) >= 11 is 0. The van der Waals surface area contributed by atoms with Crippen molar-refractivity contribution in [1.29, 1.82) is 0 Å². The van der Waals surface area contributed by atoms with Gasteiger partial charge in [0.05, 0.1) is 43.7 Å². The minimum absolute atomic E-state index is 0.125. The van der Waals surface area contributed by atoms with Crippen LogP contribution in [0.15, 0.2) is 88.7 Å². The van der Waals surface area contributed by atoms with Crippen molar-refractivity contribution < 1.29 is 32.3 Å². The van der Waals surface area contributed by atoms with E-state index >= 15 is 0 Å². The number of nitrogens with zero attached hydrogens (tertiary/aromatic N) is 2. The van der Waals surface area contributed by atoms with Crippen LogP contribution in [0, 0.1) is 0 Å². The van der Waals surface area contributed by atoms with Gasteiger partial charge in [-0.3, -0.25) is 19.3 Å². The molecule has 1 saturated heterocycles. The van der Waals surface area contributed by atoms with Gasteiger partial charge >= 0.3 is 5.97 Å². The fourth-order valence-electron chi connectivity index (χ4n) is 4.82. The Bertz CT molecular complexity index is 1420. The molecule has 3 aromatic rings. The number of carbonyl (C=O) groups is 2. The smallest absolute Gasteiger partial charge is 0.319 e. The summed E-state index contributed by atoms with van der Waals surface area (Å²) in [7, 11) is -0.881. The summed E-state index contributed by atoms with van der Waals surface area (Å²) in [4.78, 5) is 33.3. The third kappa shape index (κ3) is 7.12. The van der Waals surface area contributed by atoms with E-state index in [1.165, 1.54) is 26.4 Å². The van der Waals surface area contributed by atoms with E-state index in [-0.39, 0.29) is 35.5 Å². The van der Waals surface area contributed by atoms with Gasteiger partial charge in [-0.25, -0.2) is 8.42 Å². The van der Waals surface area contributed by atoms with Gasteiger partial charge in [-0.2, -0.15) is 5.06 Å². The normalized spacial score (nSPS) is 15.4. The van der Waals surface area contributed by atoms with Crippen molar-refractivity contribution in [2.75, 3.05) is 33.9 Å². The molecule has 0 radical (unpaired) electrons. The first-order valence-electron chi connectivity index (χ1n) is 13.2. The van der Waals surface area contributed by atoms with E-state index in [1.807, 2.05) is 35.2 Å². The molecule has 0 bridgehead atoms. The van der Waals surface area contributed by atoms with Gasteiger partial charge in [0.2, 0.25) is 15.7 Å². The van der Waals surface area contributed by atoms with E-state index in [1.54, 1.807) is 41.5 Å². The second-order valence-corrected chi connectivity index (χ2v) is 11.8. The SMILES string of the molecule is COC(=O)CN1CCC(C(N)=O)(N(Cc2ccc(S(=O)(=O)c3ccc(OC)cc3)cc2)OCc2ccccc2)CC1. The number of methoxy groups -OCH3 is 2. The number of carbonyl (C=O) groups excluding carboxylic acids is 2. The highest BCUT2D eigenvalue weighted by Crippen LogP contribution is 2.32. The Labute approximate surface area is 240 Å². The monoisotopic (exact) mass is 581 g/mol. The molecule has 10 nitrogen and oxygen atoms in total. The van der Waals surface area contributed by atoms with Crippen LogP contribution in [0.3, 0.4) is 0 Å². The summed E-state index contributed by atoms with van der Waals surface area (Å²) in [5.74, 6) is -0.310. The third-order valence-corrected chi connectivity index (χ3v) is 9.14. The molecular weight excluding hydrogens is 546 g/mol. The summed E-state index contributed by atoms with van der Waals surface area (Å²) in [5, 5.41) is 1.62. The van der Waals surface area contributed by atoms with Gasteiger partial charge in [0.25, 0.3) is 0 Å². The Kier molecular flexibility index (Phi) is 9.77. The number of likely N-dealkylation sites (tertiary alicyclic amines) is 1. The van der Waals surface area contributed by atoms with Gasteiger partial charge in [-0.1, -0.05) is 42.5 Å². The molecule has 11 heteroatoms. The molecule has 1 amide bonds. The van der Waals surface area contributed by atoms with Gasteiger partial charge in [0.15, 0.2) is 0 Å². The summed E-state index contributed by atoms with van der Waals surface area (Å²) in [6, 6.07) is 22.3. The molecule has 1 heterocycles. The fraction of sp³-hybridized carbons (Fsp3) is 0.333. The first-order chi connectivity index (χ1) is 19.7. The number of hydrogen-bond acceptors (Lipinski definition) is 9. The summed E-state index contributed by atoms with van der Waals surface area (Å²) in [6.07, 6.45) is 0.691. The van der Waals surface area contributed by atoms with Crippen molar-refractivity contribution in [3.63, 3.8) is 0 Å². The van der Waals surface area contributed by atoms with Gasteiger partial charge in [0.1, 0.15) is 11.3 Å². The zero-order chi connectivity index (χ0) is 29.5. The molecule has 218 valence electrons. The Morgan fingerprint density at radius 2 is 1.46 bits per heavy atom. The molecule has 0 spiro atoms. The number of sulfone groups is 1. The Morgan fingerprint density at radius 3 is 2.00 bits per heavy atom. The lowest BCUT2D eigenvalue weighted by Crippen LogP contribution is -2.62. The van der Waals surface area contributed by atoms with Crippen LogP contribution >= 0.6 is 0 Å². The number of benzene rings is 3. The molecule has 0 unspecified atom stereocenters. The molecular formula is C30H35N3O7S. The summed E-state index contributed by atoms with van der Waals surface area (Å²) in [5.41, 5.74) is 6.53. The van der Waals surface area contributed by atoms with Crippen LogP contribution in [0.5, 0.6) is 5.75 Å². The average molecular weight is 582 g/mol. The second kappa shape index (κ2) is 13.3. The Balaban J connectivity index is 1.57. The zero-order valence-electron chi connectivity index (χ0n) is 23.2. The number of hydrogen-bond donors (Lipinski definition) is 1. The maximum absolute atomic E-state index is 13.2. The van der Waals surface area contributed by atoms with Crippen molar-refractivity contribution >= 4 is 21.7 Å². The van der Waals surface area contributed by atoms with Crippen molar-refractivity contribution in [3.8, 4) is 5.75 Å². The first kappa shape index (κ1) is 30.2. The number of nitrogens with two attached hydrogens (primary N) is 1. The summed E-state index contributed by atoms with van der Waals surface area (Å²) in [6.45, 7) is 1.42. The third-order valence-electron chi connectivity index (χ3n) is 7.36. The van der Waals surface area contributed by atoms with Crippen LogP contribution < -0.4 is 10.5 Å². The van der Waals surface area contributed by atoms with Gasteiger partial charge in [-0.05, 0) is 60.4 Å². The second-order valence-electron chi connectivity index (χ2n) is 9.87. The predicted molar refractivity (Wildman–Crippen MR) is 151 cm³/mol. The molecule has 0 atom stereocenters. The van der Waals surface area contributed by atoms with E-state index in [4.69, 9.17) is 20.0 Å². The van der Waals surface area contributed by atoms with Gasteiger partial charge in [0, 0.05) is 13.1 Å². The van der Waals surface area contributed by atoms with Crippen LogP contribution in [0.1, 0.15) is 24.0 Å². The molecule has 0 saturated carbocycles. The van der Waals surface area contributed by atoms with Crippen molar-refractivity contribution in [3.05, 3.63) is 90.0 Å². The minimum Gasteiger partial charge on any atom is -0.497 e. The maximum atomic E-state index is 13.2. The lowest BCUT2D eigenvalue weighted by Gasteiger charge is -2.45. The largest absolute Gasteiger partial charge is 0.497 e. The van der Waals surface area contributed by atoms with E-state index in [0.717, 1.165) is 11.1 Å². The number of rotatable bonds is 12. The molecule has 4 rings (SSSR count). The van der Waals surface area contributed by atoms with E-state index in [2.05, 4.69) is 0 Å². The quantitative estimate of drug-likeness (QED) is 0.254. The van der Waals surface area contributed by atoms with Crippen molar-refractivity contribution in [2.24, 2.45) is 5.73 Å². The van der Waals surface area contributed by atoms with Crippen LogP contribution in [0.4, 0.5) is 0 Å². The number of ether oxygens (including phenoxy) is 2. The number of primary amides is 1. The summed E-state index contributed by atoms with van der Waals surface area (Å²) < 4.78 is 36.2. The maximum Gasteiger partial charge on any atom is 0.319 e. The van der Waals surface area contributed by atoms with Crippen molar-refractivity contribution in [2.45, 2.75) is 41.3 Å². The topological polar surface area (TPSA) is 128 Å². The minimum atomic E-state index is -3.74. The Hall–Kier alpha value is -3.77. The molecule has 0 aliphatic carbocycles. The lowest BCUT2D eigenvalue weighted by atomic mass is 9.85. The highest BCUT2D eigenvalue weighted by Gasteiger charge is 2.46. The highest BCUT2D eigenvalue weighted by atomic mass is 32.2. The van der Waals surface area contributed by atoms with Crippen LogP contribution in [0.25, 0.3) is 0 Å². The van der Waals surface area contributed by atoms with E-state index < -0.39 is 21.3 Å². The number of hydroxylamine groups is 2. The fourth-order valence-corrected chi connectivity index (χ4v) is 6.09. The van der Waals surface area contributed by atoms with Crippen LogP contribution in [-0.4, -0.2) is 69.7 Å². The number of esters is 1. The molecule has 1 fully saturated rings. The number of piperidine rings is 1. The molecule has 0 aromatic heterocycles. The van der Waals surface area contributed by atoms with Crippen LogP contribution in [-0.2, 0) is 42.2 Å². The van der Waals surface area contributed by atoms with Gasteiger partial charge < -0.3 is 15.2 Å². The molecule has 3 aromatic carbocycles. The number of amides is 1.